The number of nitrogens with zero attached hydrogens (tertiary/aromatic N) is 2. The van der Waals surface area contributed by atoms with Crippen LogP contribution in [0.2, 0.25) is 0 Å². The van der Waals surface area contributed by atoms with E-state index in [9.17, 15) is 0 Å². The molecule has 0 bridgehead atoms. The van der Waals surface area contributed by atoms with Gasteiger partial charge in [0.15, 0.2) is 0 Å². The molecule has 0 saturated heterocycles. The molecule has 1 fully saturated rings. The van der Waals surface area contributed by atoms with Gasteiger partial charge in [0.2, 0.25) is 0 Å². The molecule has 1 saturated carbocycles. The molecular formula is C10H14N2. The van der Waals surface area contributed by atoms with Crippen LogP contribution in [0.3, 0.4) is 0 Å². The van der Waals surface area contributed by atoms with E-state index < -0.39 is 0 Å². The summed E-state index contributed by atoms with van der Waals surface area (Å²) < 4.78 is 1.89. The maximum absolute atomic E-state index is 4.51. The fraction of sp³-hybridized carbons (Fsp3) is 0.500. The summed E-state index contributed by atoms with van der Waals surface area (Å²) in [6.45, 7) is 4.50. The van der Waals surface area contributed by atoms with Crippen molar-refractivity contribution >= 4 is 5.71 Å². The largest absolute Gasteiger partial charge is 0.248 e. The van der Waals surface area contributed by atoms with Gasteiger partial charge in [0, 0.05) is 23.5 Å². The lowest BCUT2D eigenvalue weighted by molar-refractivity contribution is 0.403. The molecule has 0 atom stereocenters. The monoisotopic (exact) mass is 162 g/mol. The van der Waals surface area contributed by atoms with Crippen LogP contribution >= 0.6 is 0 Å². The van der Waals surface area contributed by atoms with Gasteiger partial charge in [0.25, 0.3) is 0 Å². The molecule has 1 aliphatic carbocycles. The van der Waals surface area contributed by atoms with Gasteiger partial charge in [-0.15, -0.1) is 0 Å². The quantitative estimate of drug-likeness (QED) is 0.603. The van der Waals surface area contributed by atoms with Crippen LogP contribution < -0.4 is 0 Å². The Morgan fingerprint density at radius 3 is 2.42 bits per heavy atom. The van der Waals surface area contributed by atoms with Crippen LogP contribution in [-0.2, 0) is 0 Å². The van der Waals surface area contributed by atoms with Crippen molar-refractivity contribution in [1.29, 1.82) is 0 Å². The molecule has 1 aliphatic rings. The second-order valence-corrected chi connectivity index (χ2v) is 3.99. The van der Waals surface area contributed by atoms with Crippen molar-refractivity contribution in [2.24, 2.45) is 10.5 Å². The molecular weight excluding hydrogens is 148 g/mol. The van der Waals surface area contributed by atoms with Gasteiger partial charge in [0.1, 0.15) is 0 Å². The summed E-state index contributed by atoms with van der Waals surface area (Å²) in [7, 11) is 0. The lowest BCUT2D eigenvalue weighted by atomic mass is 9.70. The molecule has 1 aromatic heterocycles. The normalized spacial score (nSPS) is 24.0. The van der Waals surface area contributed by atoms with Crippen LogP contribution in [0.25, 0.3) is 0 Å². The maximum atomic E-state index is 4.51. The summed E-state index contributed by atoms with van der Waals surface area (Å²) in [5.41, 5.74) is 1.66. The molecule has 2 rings (SSSR count). The summed E-state index contributed by atoms with van der Waals surface area (Å²) in [6.07, 6.45) is 6.38. The van der Waals surface area contributed by atoms with Gasteiger partial charge in [-0.3, -0.25) is 0 Å². The van der Waals surface area contributed by atoms with Crippen molar-refractivity contribution < 1.29 is 0 Å². The van der Waals surface area contributed by atoms with Gasteiger partial charge in [-0.05, 0) is 25.0 Å². The van der Waals surface area contributed by atoms with E-state index in [1.807, 2.05) is 29.2 Å². The lowest BCUT2D eigenvalue weighted by Crippen LogP contribution is -2.35. The summed E-state index contributed by atoms with van der Waals surface area (Å²) in [4.78, 5) is 0. The zero-order chi connectivity index (χ0) is 8.60. The molecule has 0 spiro atoms. The molecule has 1 heterocycles. The van der Waals surface area contributed by atoms with Crippen LogP contribution in [0.5, 0.6) is 0 Å². The van der Waals surface area contributed by atoms with Gasteiger partial charge < -0.3 is 0 Å². The highest BCUT2D eigenvalue weighted by Gasteiger charge is 2.34. The zero-order valence-electron chi connectivity index (χ0n) is 7.62. The molecule has 2 heteroatoms. The molecule has 64 valence electrons. The third kappa shape index (κ3) is 1.17. The lowest BCUT2D eigenvalue weighted by Gasteiger charge is -2.36. The van der Waals surface area contributed by atoms with Crippen LogP contribution in [0.15, 0.2) is 29.6 Å². The Hall–Kier alpha value is -1.05. The molecule has 0 aromatic carbocycles. The maximum Gasteiger partial charge on any atom is 0.0445 e. The van der Waals surface area contributed by atoms with E-state index in [1.165, 1.54) is 12.1 Å². The standard InChI is InChI=1S/C10H14N2/c1-10(2)6-5-9(10)11-12-7-3-4-8-12/h3-4,7-8H,5-6H2,1-2H3/b11-9+. The van der Waals surface area contributed by atoms with E-state index in [0.717, 1.165) is 6.42 Å². The summed E-state index contributed by atoms with van der Waals surface area (Å²) in [6, 6.07) is 3.99. The van der Waals surface area contributed by atoms with E-state index >= 15 is 0 Å². The highest BCUT2D eigenvalue weighted by atomic mass is 15.3. The predicted octanol–water partition coefficient (Wildman–Crippen LogP) is 2.51. The first-order valence-corrected chi connectivity index (χ1v) is 4.40. The average Bonchev–Trinajstić information content (AvgIpc) is 2.50. The average molecular weight is 162 g/mol. The minimum Gasteiger partial charge on any atom is -0.248 e. The topological polar surface area (TPSA) is 17.3 Å². The second-order valence-electron chi connectivity index (χ2n) is 3.99. The number of aromatic nitrogens is 1. The molecule has 0 unspecified atom stereocenters. The van der Waals surface area contributed by atoms with Crippen molar-refractivity contribution in [1.82, 2.24) is 4.68 Å². The highest BCUT2D eigenvalue weighted by Crippen LogP contribution is 2.36. The molecule has 1 aromatic rings. The Morgan fingerprint density at radius 1 is 1.33 bits per heavy atom. The summed E-state index contributed by atoms with van der Waals surface area (Å²) in [5, 5.41) is 4.51. The minimum absolute atomic E-state index is 0.338. The van der Waals surface area contributed by atoms with E-state index in [4.69, 9.17) is 0 Å². The fourth-order valence-electron chi connectivity index (χ4n) is 1.45. The Labute approximate surface area is 72.9 Å². The Bertz CT molecular complexity index is 294. The first kappa shape index (κ1) is 7.59. The van der Waals surface area contributed by atoms with Crippen molar-refractivity contribution in [2.75, 3.05) is 0 Å². The fourth-order valence-corrected chi connectivity index (χ4v) is 1.45. The van der Waals surface area contributed by atoms with Crippen molar-refractivity contribution in [2.45, 2.75) is 26.7 Å². The third-order valence-electron chi connectivity index (χ3n) is 2.59. The van der Waals surface area contributed by atoms with Gasteiger partial charge in [0.05, 0.1) is 0 Å². The Kier molecular flexibility index (Phi) is 1.56. The molecule has 2 nitrogen and oxygen atoms in total. The van der Waals surface area contributed by atoms with E-state index in [0.29, 0.717) is 5.41 Å². The van der Waals surface area contributed by atoms with E-state index in [2.05, 4.69) is 18.9 Å². The van der Waals surface area contributed by atoms with Crippen molar-refractivity contribution in [3.8, 4) is 0 Å². The molecule has 0 aliphatic heterocycles. The smallest absolute Gasteiger partial charge is 0.0445 e. The van der Waals surface area contributed by atoms with Crippen LogP contribution in [0.1, 0.15) is 26.7 Å². The first-order valence-electron chi connectivity index (χ1n) is 4.40. The van der Waals surface area contributed by atoms with E-state index in [-0.39, 0.29) is 0 Å². The Morgan fingerprint density at radius 2 is 2.00 bits per heavy atom. The van der Waals surface area contributed by atoms with Gasteiger partial charge >= 0.3 is 0 Å². The number of rotatable bonds is 1. The number of hydrogen-bond donors (Lipinski definition) is 0. The molecule has 0 N–H and O–H groups in total. The van der Waals surface area contributed by atoms with Crippen molar-refractivity contribution in [3.63, 3.8) is 0 Å². The van der Waals surface area contributed by atoms with Gasteiger partial charge in [-0.2, -0.15) is 5.10 Å². The van der Waals surface area contributed by atoms with Crippen LogP contribution in [0, 0.1) is 5.41 Å². The van der Waals surface area contributed by atoms with E-state index in [1.54, 1.807) is 0 Å². The zero-order valence-corrected chi connectivity index (χ0v) is 7.62. The summed E-state index contributed by atoms with van der Waals surface area (Å²) in [5.74, 6) is 0. The van der Waals surface area contributed by atoms with Crippen LogP contribution in [0.4, 0.5) is 0 Å². The van der Waals surface area contributed by atoms with Gasteiger partial charge in [-0.25, -0.2) is 4.68 Å². The minimum atomic E-state index is 0.338. The molecule has 12 heavy (non-hydrogen) atoms. The first-order chi connectivity index (χ1) is 5.68. The van der Waals surface area contributed by atoms with Crippen molar-refractivity contribution in [3.05, 3.63) is 24.5 Å². The third-order valence-corrected chi connectivity index (χ3v) is 2.59. The van der Waals surface area contributed by atoms with Gasteiger partial charge in [-0.1, -0.05) is 13.8 Å². The Balaban J connectivity index is 2.20. The predicted molar refractivity (Wildman–Crippen MR) is 50.3 cm³/mol. The van der Waals surface area contributed by atoms with Crippen LogP contribution in [-0.4, -0.2) is 10.4 Å². The molecule has 0 radical (unpaired) electrons. The SMILES string of the molecule is CC1(C)CC/C1=N\n1cccc1. The highest BCUT2D eigenvalue weighted by molar-refractivity contribution is 5.94. The molecule has 0 amide bonds. The number of hydrogen-bond acceptors (Lipinski definition) is 1. The summed E-state index contributed by atoms with van der Waals surface area (Å²) >= 11 is 0. The second kappa shape index (κ2) is 2.47.